The highest BCUT2D eigenvalue weighted by Crippen LogP contribution is 2.20. The number of carbonyl (C=O) groups is 1. The van der Waals surface area contributed by atoms with Gasteiger partial charge in [0.2, 0.25) is 0 Å². The summed E-state index contributed by atoms with van der Waals surface area (Å²) in [5, 5.41) is 8.22. The zero-order chi connectivity index (χ0) is 16.4. The molecule has 120 valence electrons. The molecule has 3 rings (SSSR count). The molecule has 0 saturated heterocycles. The van der Waals surface area contributed by atoms with Crippen LogP contribution in [0.25, 0.3) is 11.0 Å². The summed E-state index contributed by atoms with van der Waals surface area (Å²) in [4.78, 5) is 13.9. The highest BCUT2D eigenvalue weighted by atomic mass is 16.3. The van der Waals surface area contributed by atoms with Crippen LogP contribution in [0.1, 0.15) is 18.4 Å². The third-order valence-electron chi connectivity index (χ3n) is 3.74. The van der Waals surface area contributed by atoms with Gasteiger partial charge in [0.05, 0.1) is 12.2 Å². The first kappa shape index (κ1) is 15.1. The Bertz CT molecular complexity index is 801. The van der Waals surface area contributed by atoms with E-state index in [-0.39, 0.29) is 6.03 Å². The summed E-state index contributed by atoms with van der Waals surface area (Å²) in [6.07, 6.45) is 0.832. The molecule has 2 aromatic heterocycles. The molecular weight excluding hydrogens is 292 g/mol. The fraction of sp³-hybridized carbons (Fsp3) is 0.294. The first-order chi connectivity index (χ1) is 11.1. The zero-order valence-corrected chi connectivity index (χ0v) is 13.5. The maximum Gasteiger partial charge on any atom is 0.323 e. The van der Waals surface area contributed by atoms with Crippen molar-refractivity contribution < 1.29 is 9.21 Å². The highest BCUT2D eigenvalue weighted by Gasteiger charge is 2.14. The Hall–Kier alpha value is -2.76. The van der Waals surface area contributed by atoms with Gasteiger partial charge in [-0.2, -0.15) is 5.10 Å². The van der Waals surface area contributed by atoms with Gasteiger partial charge in [0.25, 0.3) is 0 Å². The van der Waals surface area contributed by atoms with Gasteiger partial charge in [-0.1, -0.05) is 25.1 Å². The number of nitrogens with zero attached hydrogens (tertiary/aromatic N) is 3. The SMILES string of the molecule is CCc1cc(NC(=O)N(C)Cc2cc3ccccc3o2)n(C)n1. The second-order valence-electron chi connectivity index (χ2n) is 5.53. The second kappa shape index (κ2) is 6.16. The van der Waals surface area contributed by atoms with Gasteiger partial charge >= 0.3 is 6.03 Å². The third kappa shape index (κ3) is 3.21. The van der Waals surface area contributed by atoms with Crippen molar-refractivity contribution in [2.45, 2.75) is 19.9 Å². The van der Waals surface area contributed by atoms with Gasteiger partial charge in [0, 0.05) is 25.5 Å². The van der Waals surface area contributed by atoms with Crippen LogP contribution in [0.2, 0.25) is 0 Å². The quantitative estimate of drug-likeness (QED) is 0.803. The fourth-order valence-corrected chi connectivity index (χ4v) is 2.44. The molecule has 0 spiro atoms. The topological polar surface area (TPSA) is 63.3 Å². The van der Waals surface area contributed by atoms with Crippen molar-refractivity contribution >= 4 is 22.8 Å². The van der Waals surface area contributed by atoms with Crippen molar-refractivity contribution in [3.63, 3.8) is 0 Å². The second-order valence-corrected chi connectivity index (χ2v) is 5.53. The van der Waals surface area contributed by atoms with Crippen molar-refractivity contribution in [1.82, 2.24) is 14.7 Å². The first-order valence-corrected chi connectivity index (χ1v) is 7.59. The molecule has 0 atom stereocenters. The number of nitrogens with one attached hydrogen (secondary N) is 1. The van der Waals surface area contributed by atoms with Crippen LogP contribution in [0.3, 0.4) is 0 Å². The van der Waals surface area contributed by atoms with Crippen LogP contribution in [0, 0.1) is 0 Å². The maximum absolute atomic E-state index is 12.3. The molecule has 1 N–H and O–H groups in total. The van der Waals surface area contributed by atoms with Crippen molar-refractivity contribution in [1.29, 1.82) is 0 Å². The average molecular weight is 312 g/mol. The van der Waals surface area contributed by atoms with Gasteiger partial charge in [-0.3, -0.25) is 10.00 Å². The molecule has 6 nitrogen and oxygen atoms in total. The number of furan rings is 1. The number of rotatable bonds is 4. The van der Waals surface area contributed by atoms with Crippen molar-refractivity contribution in [3.8, 4) is 0 Å². The van der Waals surface area contributed by atoms with Crippen molar-refractivity contribution in [2.24, 2.45) is 7.05 Å². The van der Waals surface area contributed by atoms with Gasteiger partial charge < -0.3 is 9.32 Å². The Labute approximate surface area is 134 Å². The Morgan fingerprint density at radius 3 is 2.83 bits per heavy atom. The van der Waals surface area contributed by atoms with E-state index in [1.165, 1.54) is 0 Å². The van der Waals surface area contributed by atoms with E-state index in [1.54, 1.807) is 16.6 Å². The summed E-state index contributed by atoms with van der Waals surface area (Å²) in [6, 6.07) is 11.4. The Balaban J connectivity index is 1.68. The van der Waals surface area contributed by atoms with Gasteiger partial charge in [-0.05, 0) is 18.6 Å². The molecule has 0 aliphatic carbocycles. The number of hydrogen-bond donors (Lipinski definition) is 1. The number of carbonyl (C=O) groups excluding carboxylic acids is 1. The van der Waals surface area contributed by atoms with Crippen LogP contribution in [0.5, 0.6) is 0 Å². The first-order valence-electron chi connectivity index (χ1n) is 7.59. The monoisotopic (exact) mass is 312 g/mol. The highest BCUT2D eigenvalue weighted by molar-refractivity contribution is 5.88. The number of amides is 2. The minimum absolute atomic E-state index is 0.198. The third-order valence-corrected chi connectivity index (χ3v) is 3.74. The van der Waals surface area contributed by atoms with E-state index in [0.29, 0.717) is 12.4 Å². The molecule has 0 bridgehead atoms. The number of para-hydroxylation sites is 1. The van der Waals surface area contributed by atoms with E-state index in [1.807, 2.05) is 50.4 Å². The summed E-state index contributed by atoms with van der Waals surface area (Å²) in [5.41, 5.74) is 1.78. The Morgan fingerprint density at radius 2 is 2.13 bits per heavy atom. The van der Waals surface area contributed by atoms with Crippen molar-refractivity contribution in [2.75, 3.05) is 12.4 Å². The standard InChI is InChI=1S/C17H20N4O2/c1-4-13-10-16(21(3)19-13)18-17(22)20(2)11-14-9-12-7-5-6-8-15(12)23-14/h5-10H,4,11H2,1-3H3,(H,18,22). The number of hydrogen-bond acceptors (Lipinski definition) is 3. The summed E-state index contributed by atoms with van der Waals surface area (Å²) < 4.78 is 7.42. The van der Waals surface area contributed by atoms with E-state index < -0.39 is 0 Å². The van der Waals surface area contributed by atoms with E-state index in [4.69, 9.17) is 4.42 Å². The van der Waals surface area contributed by atoms with Gasteiger partial charge in [0.1, 0.15) is 17.2 Å². The molecule has 0 saturated carbocycles. The molecule has 23 heavy (non-hydrogen) atoms. The Morgan fingerprint density at radius 1 is 1.35 bits per heavy atom. The molecule has 0 aliphatic heterocycles. The number of aryl methyl sites for hydroxylation is 2. The molecule has 2 heterocycles. The van der Waals surface area contributed by atoms with Gasteiger partial charge in [-0.25, -0.2) is 4.79 Å². The van der Waals surface area contributed by atoms with E-state index >= 15 is 0 Å². The molecule has 3 aromatic rings. The van der Waals surface area contributed by atoms with Crippen LogP contribution in [-0.4, -0.2) is 27.8 Å². The molecule has 0 radical (unpaired) electrons. The lowest BCUT2D eigenvalue weighted by molar-refractivity contribution is 0.217. The van der Waals surface area contributed by atoms with E-state index in [0.717, 1.165) is 28.8 Å². The smallest absolute Gasteiger partial charge is 0.323 e. The molecular formula is C17H20N4O2. The molecule has 0 fully saturated rings. The molecule has 6 heteroatoms. The minimum Gasteiger partial charge on any atom is -0.459 e. The Kier molecular flexibility index (Phi) is 4.06. The predicted molar refractivity (Wildman–Crippen MR) is 89.3 cm³/mol. The van der Waals surface area contributed by atoms with Crippen LogP contribution >= 0.6 is 0 Å². The number of aromatic nitrogens is 2. The predicted octanol–water partition coefficient (Wildman–Crippen LogP) is 3.39. The minimum atomic E-state index is -0.198. The maximum atomic E-state index is 12.3. The van der Waals surface area contributed by atoms with Gasteiger partial charge in [-0.15, -0.1) is 0 Å². The number of anilines is 1. The summed E-state index contributed by atoms with van der Waals surface area (Å²) in [7, 11) is 3.55. The molecule has 0 unspecified atom stereocenters. The lowest BCUT2D eigenvalue weighted by Gasteiger charge is -2.16. The number of fused-ring (bicyclic) bond motifs is 1. The summed E-state index contributed by atoms with van der Waals surface area (Å²) >= 11 is 0. The number of benzene rings is 1. The van der Waals surface area contributed by atoms with Crippen LogP contribution in [-0.2, 0) is 20.0 Å². The van der Waals surface area contributed by atoms with E-state index in [2.05, 4.69) is 10.4 Å². The largest absolute Gasteiger partial charge is 0.459 e. The van der Waals surface area contributed by atoms with Crippen molar-refractivity contribution in [3.05, 3.63) is 47.9 Å². The summed E-state index contributed by atoms with van der Waals surface area (Å²) in [6.45, 7) is 2.43. The lowest BCUT2D eigenvalue weighted by Crippen LogP contribution is -2.31. The molecule has 0 aliphatic rings. The van der Waals surface area contributed by atoms with Crippen LogP contribution < -0.4 is 5.32 Å². The van der Waals surface area contributed by atoms with Crippen LogP contribution in [0.4, 0.5) is 10.6 Å². The summed E-state index contributed by atoms with van der Waals surface area (Å²) in [5.74, 6) is 1.44. The van der Waals surface area contributed by atoms with E-state index in [9.17, 15) is 4.79 Å². The number of urea groups is 1. The average Bonchev–Trinajstić information content (AvgIpc) is 3.10. The van der Waals surface area contributed by atoms with Gasteiger partial charge in [0.15, 0.2) is 0 Å². The lowest BCUT2D eigenvalue weighted by atomic mass is 10.2. The fourth-order valence-electron chi connectivity index (χ4n) is 2.44. The normalized spacial score (nSPS) is 10.9. The zero-order valence-electron chi connectivity index (χ0n) is 13.5. The molecule has 2 amide bonds. The van der Waals surface area contributed by atoms with Crippen LogP contribution in [0.15, 0.2) is 40.8 Å². The molecule has 1 aromatic carbocycles.